The molecular weight excluding hydrogens is 356 g/mol. The number of rotatable bonds is 7. The number of nitro benzene ring substituents is 1. The number of hydrogen-bond acceptors (Lipinski definition) is 7. The smallest absolute Gasteiger partial charge is 0.338 e. The maximum atomic E-state index is 12.1. The van der Waals surface area contributed by atoms with Crippen LogP contribution in [0.15, 0.2) is 18.2 Å². The van der Waals surface area contributed by atoms with E-state index in [0.29, 0.717) is 5.69 Å². The van der Waals surface area contributed by atoms with Gasteiger partial charge in [-0.3, -0.25) is 19.7 Å². The van der Waals surface area contributed by atoms with Gasteiger partial charge in [-0.15, -0.1) is 0 Å². The molecule has 146 valence electrons. The minimum absolute atomic E-state index is 0.0124. The highest BCUT2D eigenvalue weighted by Gasteiger charge is 2.23. The highest BCUT2D eigenvalue weighted by Crippen LogP contribution is 2.31. The Kier molecular flexibility index (Phi) is 7.09. The third-order valence-electron chi connectivity index (χ3n) is 4.16. The average molecular weight is 378 g/mol. The number of nitro groups is 1. The second-order valence-corrected chi connectivity index (χ2v) is 6.03. The lowest BCUT2D eigenvalue weighted by Crippen LogP contribution is -2.37. The molecule has 1 saturated heterocycles. The van der Waals surface area contributed by atoms with Gasteiger partial charge in [-0.25, -0.2) is 4.79 Å². The van der Waals surface area contributed by atoms with Crippen molar-refractivity contribution in [3.8, 4) is 0 Å². The number of anilines is 1. The molecule has 0 bridgehead atoms. The highest BCUT2D eigenvalue weighted by molar-refractivity contribution is 5.93. The van der Waals surface area contributed by atoms with Gasteiger partial charge in [0.25, 0.3) is 11.6 Å². The van der Waals surface area contributed by atoms with E-state index < -0.39 is 29.3 Å². The first-order valence-corrected chi connectivity index (χ1v) is 8.60. The topological polar surface area (TPSA) is 131 Å². The number of piperidine rings is 1. The Balaban J connectivity index is 2.01. The summed E-state index contributed by atoms with van der Waals surface area (Å²) in [6.45, 7) is 0.646. The minimum Gasteiger partial charge on any atom is -0.452 e. The third kappa shape index (κ3) is 5.66. The normalized spacial score (nSPS) is 13.6. The SMILES string of the molecule is CNC(=O)CNC(=O)COC(=O)c1ccc(N2CCCCC2)c([N+](=O)[O-])c1. The van der Waals surface area contributed by atoms with E-state index in [1.807, 2.05) is 4.90 Å². The Morgan fingerprint density at radius 3 is 2.52 bits per heavy atom. The van der Waals surface area contributed by atoms with Crippen molar-refractivity contribution in [1.29, 1.82) is 0 Å². The fraction of sp³-hybridized carbons (Fsp3) is 0.471. The predicted molar refractivity (Wildman–Crippen MR) is 96.5 cm³/mol. The van der Waals surface area contributed by atoms with Gasteiger partial charge in [0.05, 0.1) is 17.0 Å². The molecular formula is C17H22N4O6. The molecule has 1 heterocycles. The number of ether oxygens (including phenoxy) is 1. The molecule has 27 heavy (non-hydrogen) atoms. The van der Waals surface area contributed by atoms with Gasteiger partial charge in [0.1, 0.15) is 5.69 Å². The first kappa shape index (κ1) is 20.1. The zero-order valence-electron chi connectivity index (χ0n) is 15.0. The zero-order chi connectivity index (χ0) is 19.8. The number of nitrogens with zero attached hydrogens (tertiary/aromatic N) is 2. The van der Waals surface area contributed by atoms with Gasteiger partial charge < -0.3 is 20.3 Å². The van der Waals surface area contributed by atoms with Crippen molar-refractivity contribution in [2.45, 2.75) is 19.3 Å². The largest absolute Gasteiger partial charge is 0.452 e. The Bertz CT molecular complexity index is 730. The van der Waals surface area contributed by atoms with Crippen LogP contribution in [0.25, 0.3) is 0 Å². The quantitative estimate of drug-likeness (QED) is 0.404. The Morgan fingerprint density at radius 2 is 1.89 bits per heavy atom. The summed E-state index contributed by atoms with van der Waals surface area (Å²) in [4.78, 5) is 47.5. The van der Waals surface area contributed by atoms with Crippen LogP contribution < -0.4 is 15.5 Å². The van der Waals surface area contributed by atoms with Crippen LogP contribution in [0.4, 0.5) is 11.4 Å². The highest BCUT2D eigenvalue weighted by atomic mass is 16.6. The van der Waals surface area contributed by atoms with Gasteiger partial charge in [0, 0.05) is 26.2 Å². The molecule has 2 N–H and O–H groups in total. The first-order chi connectivity index (χ1) is 12.9. The van der Waals surface area contributed by atoms with E-state index >= 15 is 0 Å². The van der Waals surface area contributed by atoms with Crippen molar-refractivity contribution in [2.24, 2.45) is 0 Å². The number of nitrogens with one attached hydrogen (secondary N) is 2. The fourth-order valence-electron chi connectivity index (χ4n) is 2.73. The first-order valence-electron chi connectivity index (χ1n) is 8.60. The van der Waals surface area contributed by atoms with Crippen LogP contribution in [-0.4, -0.2) is 56.0 Å². The van der Waals surface area contributed by atoms with Crippen LogP contribution in [0, 0.1) is 10.1 Å². The maximum absolute atomic E-state index is 12.1. The number of amides is 2. The van der Waals surface area contributed by atoms with Crippen LogP contribution in [0.5, 0.6) is 0 Å². The van der Waals surface area contributed by atoms with E-state index in [1.54, 1.807) is 0 Å². The molecule has 1 fully saturated rings. The Morgan fingerprint density at radius 1 is 1.19 bits per heavy atom. The molecule has 2 amide bonds. The van der Waals surface area contributed by atoms with Crippen LogP contribution in [0.3, 0.4) is 0 Å². The summed E-state index contributed by atoms with van der Waals surface area (Å²) in [6.07, 6.45) is 3.02. The van der Waals surface area contributed by atoms with E-state index in [1.165, 1.54) is 19.2 Å². The molecule has 1 aromatic carbocycles. The van der Waals surface area contributed by atoms with Crippen molar-refractivity contribution >= 4 is 29.2 Å². The summed E-state index contributed by atoms with van der Waals surface area (Å²) < 4.78 is 4.86. The number of hydrogen-bond donors (Lipinski definition) is 2. The van der Waals surface area contributed by atoms with Gasteiger partial charge in [-0.1, -0.05) is 0 Å². The van der Waals surface area contributed by atoms with Crippen molar-refractivity contribution in [3.05, 3.63) is 33.9 Å². The summed E-state index contributed by atoms with van der Waals surface area (Å²) in [5.74, 6) is -1.89. The molecule has 0 spiro atoms. The van der Waals surface area contributed by atoms with E-state index in [9.17, 15) is 24.5 Å². The molecule has 0 aromatic heterocycles. The zero-order valence-corrected chi connectivity index (χ0v) is 15.0. The van der Waals surface area contributed by atoms with Crippen LogP contribution in [0.2, 0.25) is 0 Å². The summed E-state index contributed by atoms with van der Waals surface area (Å²) in [5.41, 5.74) is 0.288. The fourth-order valence-corrected chi connectivity index (χ4v) is 2.73. The van der Waals surface area contributed by atoms with Crippen molar-refractivity contribution in [1.82, 2.24) is 10.6 Å². The van der Waals surface area contributed by atoms with E-state index in [2.05, 4.69) is 10.6 Å². The second kappa shape index (κ2) is 9.51. The second-order valence-electron chi connectivity index (χ2n) is 6.03. The number of esters is 1. The Hall–Kier alpha value is -3.17. The number of benzene rings is 1. The van der Waals surface area contributed by atoms with Crippen molar-refractivity contribution in [2.75, 3.05) is 38.2 Å². The lowest BCUT2D eigenvalue weighted by molar-refractivity contribution is -0.384. The molecule has 0 aliphatic carbocycles. The summed E-state index contributed by atoms with van der Waals surface area (Å²) in [6, 6.07) is 4.14. The lowest BCUT2D eigenvalue weighted by atomic mass is 10.1. The van der Waals surface area contributed by atoms with Crippen LogP contribution in [0.1, 0.15) is 29.6 Å². The minimum atomic E-state index is -0.849. The molecule has 10 nitrogen and oxygen atoms in total. The lowest BCUT2D eigenvalue weighted by Gasteiger charge is -2.28. The molecule has 0 saturated carbocycles. The molecule has 1 aliphatic heterocycles. The predicted octanol–water partition coefficient (Wildman–Crippen LogP) is 0.604. The van der Waals surface area contributed by atoms with E-state index in [-0.39, 0.29) is 17.8 Å². The summed E-state index contributed by atoms with van der Waals surface area (Å²) >= 11 is 0. The summed E-state index contributed by atoms with van der Waals surface area (Å²) in [7, 11) is 1.43. The van der Waals surface area contributed by atoms with Gasteiger partial charge >= 0.3 is 5.97 Å². The van der Waals surface area contributed by atoms with Gasteiger partial charge in [-0.05, 0) is 31.4 Å². The van der Waals surface area contributed by atoms with E-state index in [0.717, 1.165) is 38.4 Å². The Labute approximate surface area is 156 Å². The van der Waals surface area contributed by atoms with Crippen molar-refractivity contribution < 1.29 is 24.0 Å². The number of carbonyl (C=O) groups excluding carboxylic acids is 3. The molecule has 10 heteroatoms. The van der Waals surface area contributed by atoms with Gasteiger partial charge in [0.15, 0.2) is 6.61 Å². The average Bonchev–Trinajstić information content (AvgIpc) is 2.70. The maximum Gasteiger partial charge on any atom is 0.338 e. The molecule has 2 rings (SSSR count). The number of carbonyl (C=O) groups is 3. The van der Waals surface area contributed by atoms with Gasteiger partial charge in [-0.2, -0.15) is 0 Å². The third-order valence-corrected chi connectivity index (χ3v) is 4.16. The van der Waals surface area contributed by atoms with Crippen molar-refractivity contribution in [3.63, 3.8) is 0 Å². The number of likely N-dealkylation sites (N-methyl/N-ethyl adjacent to an activating group) is 1. The monoisotopic (exact) mass is 378 g/mol. The van der Waals surface area contributed by atoms with Crippen LogP contribution in [-0.2, 0) is 14.3 Å². The van der Waals surface area contributed by atoms with E-state index in [4.69, 9.17) is 4.74 Å². The summed E-state index contributed by atoms with van der Waals surface area (Å²) in [5, 5.41) is 16.0. The molecule has 1 aromatic rings. The molecule has 1 aliphatic rings. The standard InChI is InChI=1S/C17H22N4O6/c1-18-15(22)10-19-16(23)11-27-17(24)12-5-6-13(14(9-12)21(25)26)20-7-3-2-4-8-20/h5-6,9H,2-4,7-8,10-11H2,1H3,(H,18,22)(H,19,23). The molecule has 0 unspecified atom stereocenters. The molecule has 0 atom stereocenters. The molecule has 0 radical (unpaired) electrons. The van der Waals surface area contributed by atoms with Crippen LogP contribution >= 0.6 is 0 Å². The van der Waals surface area contributed by atoms with Gasteiger partial charge in [0.2, 0.25) is 5.91 Å².